The Bertz CT molecular complexity index is 355. The van der Waals surface area contributed by atoms with Gasteiger partial charge < -0.3 is 9.84 Å². The molecule has 0 aromatic heterocycles. The zero-order chi connectivity index (χ0) is 12.8. The molecule has 0 spiro atoms. The molecule has 1 aromatic carbocycles. The zero-order valence-electron chi connectivity index (χ0n) is 10.5. The monoisotopic (exact) mass is 269 g/mol. The second-order valence-electron chi connectivity index (χ2n) is 4.67. The van der Waals surface area contributed by atoms with Crippen LogP contribution in [0.25, 0.3) is 0 Å². The minimum absolute atomic E-state index is 0.251. The number of nitrogens with zero attached hydrogens (tertiary/aromatic N) is 1. The van der Waals surface area contributed by atoms with Gasteiger partial charge in [-0.1, -0.05) is 18.0 Å². The number of hydrogen-bond donors (Lipinski definition) is 1. The van der Waals surface area contributed by atoms with Crippen molar-refractivity contribution in [2.75, 3.05) is 26.3 Å². The van der Waals surface area contributed by atoms with Gasteiger partial charge in [-0.3, -0.25) is 4.90 Å². The van der Waals surface area contributed by atoms with Crippen LogP contribution in [0.2, 0.25) is 5.02 Å². The first-order valence-electron chi connectivity index (χ1n) is 6.53. The lowest BCUT2D eigenvalue weighted by molar-refractivity contribution is 0.0773. The van der Waals surface area contributed by atoms with E-state index < -0.39 is 0 Å². The normalized spacial score (nSPS) is 20.9. The molecule has 0 saturated carbocycles. The Kier molecular flexibility index (Phi) is 5.29. The van der Waals surface area contributed by atoms with E-state index in [0.29, 0.717) is 12.6 Å². The molecule has 1 N–H and O–H groups in total. The second-order valence-corrected chi connectivity index (χ2v) is 5.11. The molecule has 1 atom stereocenters. The van der Waals surface area contributed by atoms with Gasteiger partial charge in [0, 0.05) is 17.6 Å². The number of aliphatic hydroxyl groups excluding tert-OH is 1. The van der Waals surface area contributed by atoms with Gasteiger partial charge in [-0.2, -0.15) is 0 Å². The predicted octanol–water partition coefficient (Wildman–Crippen LogP) is 2.57. The molecule has 18 heavy (non-hydrogen) atoms. The Morgan fingerprint density at radius 2 is 2.06 bits per heavy atom. The van der Waals surface area contributed by atoms with Gasteiger partial charge in [0.15, 0.2) is 0 Å². The van der Waals surface area contributed by atoms with E-state index in [0.717, 1.165) is 30.3 Å². The number of halogens is 1. The molecule has 1 aliphatic heterocycles. The van der Waals surface area contributed by atoms with E-state index in [-0.39, 0.29) is 6.61 Å². The van der Waals surface area contributed by atoms with Crippen LogP contribution in [0.15, 0.2) is 24.3 Å². The van der Waals surface area contributed by atoms with Gasteiger partial charge in [0.05, 0.1) is 6.61 Å². The molecule has 1 saturated heterocycles. The molecule has 1 fully saturated rings. The summed E-state index contributed by atoms with van der Waals surface area (Å²) in [6.45, 7) is 2.84. The van der Waals surface area contributed by atoms with Crippen molar-refractivity contribution in [3.05, 3.63) is 29.3 Å². The standard InChI is InChI=1S/C14H20ClNO2/c15-12-4-6-14(7-5-12)18-10-9-16-8-2-1-3-13(16)11-17/h4-7,13,17H,1-3,8-11H2. The third-order valence-corrected chi connectivity index (χ3v) is 3.67. The molecular weight excluding hydrogens is 250 g/mol. The minimum atomic E-state index is 0.251. The maximum atomic E-state index is 9.31. The van der Waals surface area contributed by atoms with Crippen molar-refractivity contribution in [3.8, 4) is 5.75 Å². The summed E-state index contributed by atoms with van der Waals surface area (Å²) in [4.78, 5) is 2.32. The number of likely N-dealkylation sites (tertiary alicyclic amines) is 1. The van der Waals surface area contributed by atoms with Crippen molar-refractivity contribution < 1.29 is 9.84 Å². The molecule has 100 valence electrons. The summed E-state index contributed by atoms with van der Waals surface area (Å²) < 4.78 is 5.67. The molecule has 2 rings (SSSR count). The molecule has 4 heteroatoms. The molecule has 0 bridgehead atoms. The quantitative estimate of drug-likeness (QED) is 0.892. The predicted molar refractivity (Wildman–Crippen MR) is 73.2 cm³/mol. The third-order valence-electron chi connectivity index (χ3n) is 3.42. The fraction of sp³-hybridized carbons (Fsp3) is 0.571. The van der Waals surface area contributed by atoms with Crippen molar-refractivity contribution in [2.24, 2.45) is 0 Å². The molecule has 0 aliphatic carbocycles. The van der Waals surface area contributed by atoms with Crippen LogP contribution >= 0.6 is 11.6 Å². The highest BCUT2D eigenvalue weighted by Crippen LogP contribution is 2.17. The summed E-state index contributed by atoms with van der Waals surface area (Å²) in [6, 6.07) is 7.72. The van der Waals surface area contributed by atoms with Gasteiger partial charge in [0.1, 0.15) is 12.4 Å². The molecule has 1 heterocycles. The fourth-order valence-electron chi connectivity index (χ4n) is 2.37. The number of piperidine rings is 1. The summed E-state index contributed by atoms with van der Waals surface area (Å²) in [6.07, 6.45) is 3.54. The highest BCUT2D eigenvalue weighted by Gasteiger charge is 2.20. The number of hydrogen-bond acceptors (Lipinski definition) is 3. The van der Waals surface area contributed by atoms with Crippen LogP contribution < -0.4 is 4.74 Å². The van der Waals surface area contributed by atoms with Crippen molar-refractivity contribution in [1.29, 1.82) is 0 Å². The Hall–Kier alpha value is -0.770. The molecule has 0 amide bonds. The first-order chi connectivity index (χ1) is 8.79. The fourth-order valence-corrected chi connectivity index (χ4v) is 2.50. The van der Waals surface area contributed by atoms with Gasteiger partial charge in [-0.05, 0) is 43.7 Å². The lowest BCUT2D eigenvalue weighted by Gasteiger charge is -2.34. The average Bonchev–Trinajstić information content (AvgIpc) is 2.41. The SMILES string of the molecule is OCC1CCCCN1CCOc1ccc(Cl)cc1. The Morgan fingerprint density at radius 3 is 2.78 bits per heavy atom. The van der Waals surface area contributed by atoms with Crippen LogP contribution in [0.3, 0.4) is 0 Å². The lowest BCUT2D eigenvalue weighted by atomic mass is 10.0. The van der Waals surface area contributed by atoms with Gasteiger partial charge in [0.25, 0.3) is 0 Å². The molecule has 0 radical (unpaired) electrons. The van der Waals surface area contributed by atoms with Crippen LogP contribution in [-0.2, 0) is 0 Å². The molecule has 1 unspecified atom stereocenters. The summed E-state index contributed by atoms with van der Waals surface area (Å²) >= 11 is 5.81. The second kappa shape index (κ2) is 6.98. The topological polar surface area (TPSA) is 32.7 Å². The smallest absolute Gasteiger partial charge is 0.119 e. The van der Waals surface area contributed by atoms with Gasteiger partial charge in [0.2, 0.25) is 0 Å². The minimum Gasteiger partial charge on any atom is -0.492 e. The van der Waals surface area contributed by atoms with Gasteiger partial charge in [-0.15, -0.1) is 0 Å². The lowest BCUT2D eigenvalue weighted by Crippen LogP contribution is -2.43. The van der Waals surface area contributed by atoms with E-state index in [1.165, 1.54) is 12.8 Å². The molecular formula is C14H20ClNO2. The highest BCUT2D eigenvalue weighted by molar-refractivity contribution is 6.30. The highest BCUT2D eigenvalue weighted by atomic mass is 35.5. The summed E-state index contributed by atoms with van der Waals surface area (Å²) in [5.74, 6) is 0.844. The van der Waals surface area contributed by atoms with E-state index >= 15 is 0 Å². The van der Waals surface area contributed by atoms with Gasteiger partial charge >= 0.3 is 0 Å². The number of aliphatic hydroxyl groups is 1. The zero-order valence-corrected chi connectivity index (χ0v) is 11.3. The summed E-state index contributed by atoms with van der Waals surface area (Å²) in [5.41, 5.74) is 0. The average molecular weight is 270 g/mol. The number of benzene rings is 1. The van der Waals surface area contributed by atoms with E-state index in [9.17, 15) is 5.11 Å². The summed E-state index contributed by atoms with van der Waals surface area (Å²) in [7, 11) is 0. The van der Waals surface area contributed by atoms with Crippen LogP contribution in [0.5, 0.6) is 5.75 Å². The Balaban J connectivity index is 1.75. The van der Waals surface area contributed by atoms with E-state index in [2.05, 4.69) is 4.90 Å². The molecule has 1 aromatic rings. The van der Waals surface area contributed by atoms with Gasteiger partial charge in [-0.25, -0.2) is 0 Å². The molecule has 3 nitrogen and oxygen atoms in total. The third kappa shape index (κ3) is 3.87. The van der Waals surface area contributed by atoms with Crippen LogP contribution in [0, 0.1) is 0 Å². The van der Waals surface area contributed by atoms with E-state index in [4.69, 9.17) is 16.3 Å². The van der Waals surface area contributed by atoms with Crippen molar-refractivity contribution in [3.63, 3.8) is 0 Å². The van der Waals surface area contributed by atoms with Crippen LogP contribution in [0.1, 0.15) is 19.3 Å². The summed E-state index contributed by atoms with van der Waals surface area (Å²) in [5, 5.41) is 10.0. The maximum Gasteiger partial charge on any atom is 0.119 e. The van der Waals surface area contributed by atoms with Crippen molar-refractivity contribution in [1.82, 2.24) is 4.90 Å². The molecule has 1 aliphatic rings. The van der Waals surface area contributed by atoms with E-state index in [1.54, 1.807) is 0 Å². The Morgan fingerprint density at radius 1 is 1.28 bits per heavy atom. The van der Waals surface area contributed by atoms with E-state index in [1.807, 2.05) is 24.3 Å². The first-order valence-corrected chi connectivity index (χ1v) is 6.90. The van der Waals surface area contributed by atoms with Crippen molar-refractivity contribution in [2.45, 2.75) is 25.3 Å². The first kappa shape index (κ1) is 13.7. The largest absolute Gasteiger partial charge is 0.492 e. The number of ether oxygens (including phenoxy) is 1. The van der Waals surface area contributed by atoms with Crippen LogP contribution in [-0.4, -0.2) is 42.4 Å². The van der Waals surface area contributed by atoms with Crippen molar-refractivity contribution >= 4 is 11.6 Å². The maximum absolute atomic E-state index is 9.31. The van der Waals surface area contributed by atoms with Crippen LogP contribution in [0.4, 0.5) is 0 Å². The number of rotatable bonds is 5. The Labute approximate surface area is 113 Å².